The highest BCUT2D eigenvalue weighted by atomic mass is 16.5. The normalized spacial score (nSPS) is 19.7. The third-order valence-electron chi connectivity index (χ3n) is 11.3. The minimum atomic E-state index is -1.30. The lowest BCUT2D eigenvalue weighted by molar-refractivity contribution is -0.148. The Balaban J connectivity index is 2.30. The molecule has 2 rings (SSSR count). The van der Waals surface area contributed by atoms with Crippen molar-refractivity contribution in [3.63, 3.8) is 0 Å². The minimum Gasteiger partial charge on any atom is -0.379 e. The lowest BCUT2D eigenvalue weighted by atomic mass is 9.88. The summed E-state index contributed by atoms with van der Waals surface area (Å²) in [6, 6.07) is 7.33. The maximum atomic E-state index is 14.2. The van der Waals surface area contributed by atoms with Gasteiger partial charge in [0, 0.05) is 40.8 Å². The zero-order valence-electron chi connectivity index (χ0n) is 35.0. The number of likely N-dealkylation sites (N-methyl/N-ethyl adjacent to an activating group) is 2. The van der Waals surface area contributed by atoms with E-state index in [1.165, 1.54) is 7.11 Å². The monoisotopic (exact) mass is 759 g/mol. The van der Waals surface area contributed by atoms with E-state index in [1.807, 2.05) is 90.9 Å². The number of nitrogens with one attached hydrogen (secondary N) is 2. The molecule has 54 heavy (non-hydrogen) atoms. The molecular formula is C41H70N6O7. The van der Waals surface area contributed by atoms with Gasteiger partial charge in [-0.05, 0) is 50.3 Å². The summed E-state index contributed by atoms with van der Waals surface area (Å²) in [6.45, 7) is 14.0. The van der Waals surface area contributed by atoms with Gasteiger partial charge in [-0.15, -0.1) is 0 Å². The van der Waals surface area contributed by atoms with Crippen LogP contribution in [0.1, 0.15) is 79.7 Å². The van der Waals surface area contributed by atoms with E-state index in [0.717, 1.165) is 18.4 Å². The lowest BCUT2D eigenvalue weighted by Crippen LogP contribution is -2.60. The summed E-state index contributed by atoms with van der Waals surface area (Å²) < 4.78 is 12.0. The Bertz CT molecular complexity index is 1350. The number of hydrogen-bond acceptors (Lipinski definition) is 9. The first-order valence-corrected chi connectivity index (χ1v) is 19.5. The van der Waals surface area contributed by atoms with Crippen LogP contribution in [0, 0.1) is 23.7 Å². The van der Waals surface area contributed by atoms with Crippen LogP contribution in [0.2, 0.25) is 0 Å². The molecule has 4 N–H and O–H groups in total. The number of methoxy groups -OCH3 is 2. The zero-order chi connectivity index (χ0) is 40.9. The number of likely N-dealkylation sites (tertiary alicyclic amines) is 1. The van der Waals surface area contributed by atoms with Crippen LogP contribution >= 0.6 is 0 Å². The van der Waals surface area contributed by atoms with Gasteiger partial charge in [-0.2, -0.15) is 0 Å². The van der Waals surface area contributed by atoms with Gasteiger partial charge in [-0.25, -0.2) is 0 Å². The third-order valence-corrected chi connectivity index (χ3v) is 11.3. The van der Waals surface area contributed by atoms with Gasteiger partial charge in [0.15, 0.2) is 0 Å². The van der Waals surface area contributed by atoms with Gasteiger partial charge in [0.05, 0.1) is 42.7 Å². The highest BCUT2D eigenvalue weighted by Gasteiger charge is 2.44. The van der Waals surface area contributed by atoms with Crippen LogP contribution < -0.4 is 16.4 Å². The SMILES string of the molecule is CC[C@H](C)C(C(CC(=O)N1CCC[C@H]1[C@H](OC)[C@@H](C)C(=O)N[C@@](C=O)(CN)Cc1ccccc1)OC)N(C)C(=O)[C@@H](NC(=O)[C@H](C(C)C)N(C)C)C(C)C. The highest BCUT2D eigenvalue weighted by molar-refractivity contribution is 5.90. The first kappa shape index (κ1) is 46.8. The molecule has 4 amide bonds. The summed E-state index contributed by atoms with van der Waals surface area (Å²) in [7, 11) is 8.50. The van der Waals surface area contributed by atoms with Gasteiger partial charge >= 0.3 is 0 Å². The molecule has 0 saturated carbocycles. The van der Waals surface area contributed by atoms with Crippen LogP contribution in [0.3, 0.4) is 0 Å². The van der Waals surface area contributed by atoms with Gasteiger partial charge in [0.2, 0.25) is 23.6 Å². The Labute approximate surface area is 324 Å². The molecule has 0 radical (unpaired) electrons. The Morgan fingerprint density at radius 3 is 2.09 bits per heavy atom. The number of carbonyl (C=O) groups excluding carboxylic acids is 5. The fourth-order valence-electron chi connectivity index (χ4n) is 8.02. The molecule has 1 aromatic rings. The third kappa shape index (κ3) is 11.8. The lowest BCUT2D eigenvalue weighted by Gasteiger charge is -2.41. The molecule has 0 aliphatic carbocycles. The second kappa shape index (κ2) is 21.6. The Hall–Kier alpha value is -3.39. The fourth-order valence-corrected chi connectivity index (χ4v) is 8.02. The highest BCUT2D eigenvalue weighted by Crippen LogP contribution is 2.30. The molecule has 1 aliphatic rings. The predicted octanol–water partition coefficient (Wildman–Crippen LogP) is 2.89. The van der Waals surface area contributed by atoms with E-state index < -0.39 is 53.7 Å². The molecule has 0 bridgehead atoms. The standard InChI is InChI=1S/C41H70N6O7/c1-13-28(6)36(46(10)40(52)34(26(2)3)43-39(51)35(27(4)5)45(8)9)32(53-11)22-33(49)47-21-17-20-31(47)37(54-12)29(7)38(50)44-41(24-42,25-48)23-30-18-15-14-16-19-30/h14-16,18-19,25-29,31-32,34-37H,13,17,20-24,42H2,1-12H3,(H,43,51)(H,44,50)/t28-,29+,31-,32?,34-,35-,36?,37+,41+/m0/s1. The summed E-state index contributed by atoms with van der Waals surface area (Å²) >= 11 is 0. The smallest absolute Gasteiger partial charge is 0.245 e. The number of nitrogens with zero attached hydrogens (tertiary/aromatic N) is 3. The van der Waals surface area contributed by atoms with Crippen LogP contribution in [0.15, 0.2) is 30.3 Å². The predicted molar refractivity (Wildman–Crippen MR) is 211 cm³/mol. The van der Waals surface area contributed by atoms with Gasteiger partial charge < -0.3 is 40.4 Å². The van der Waals surface area contributed by atoms with Crippen molar-refractivity contribution in [2.75, 3.05) is 48.5 Å². The molecule has 2 unspecified atom stereocenters. The van der Waals surface area contributed by atoms with E-state index in [9.17, 15) is 24.0 Å². The van der Waals surface area contributed by atoms with Gasteiger partial charge in [-0.3, -0.25) is 24.1 Å². The van der Waals surface area contributed by atoms with E-state index in [-0.39, 0.29) is 54.9 Å². The van der Waals surface area contributed by atoms with E-state index >= 15 is 0 Å². The van der Waals surface area contributed by atoms with Gasteiger partial charge in [-0.1, -0.05) is 85.2 Å². The van der Waals surface area contributed by atoms with Crippen molar-refractivity contribution in [3.05, 3.63) is 35.9 Å². The Morgan fingerprint density at radius 1 is 0.981 bits per heavy atom. The van der Waals surface area contributed by atoms with Crippen LogP contribution in [0.4, 0.5) is 0 Å². The number of carbonyl (C=O) groups is 5. The minimum absolute atomic E-state index is 0.00387. The van der Waals surface area contributed by atoms with Crippen molar-refractivity contribution >= 4 is 29.9 Å². The summed E-state index contributed by atoms with van der Waals surface area (Å²) in [5.74, 6) is -1.90. The van der Waals surface area contributed by atoms with E-state index in [2.05, 4.69) is 10.6 Å². The van der Waals surface area contributed by atoms with Crippen molar-refractivity contribution in [1.29, 1.82) is 0 Å². The number of benzene rings is 1. The second-order valence-corrected chi connectivity index (χ2v) is 16.1. The van der Waals surface area contributed by atoms with Crippen LogP contribution in [-0.2, 0) is 39.9 Å². The Morgan fingerprint density at radius 2 is 1.61 bits per heavy atom. The first-order chi connectivity index (χ1) is 25.4. The number of rotatable bonds is 22. The van der Waals surface area contributed by atoms with Gasteiger partial charge in [0.1, 0.15) is 17.9 Å². The maximum Gasteiger partial charge on any atom is 0.245 e. The summed E-state index contributed by atoms with van der Waals surface area (Å²) in [5, 5.41) is 5.93. The van der Waals surface area contributed by atoms with E-state index in [0.29, 0.717) is 19.3 Å². The molecule has 0 aromatic heterocycles. The van der Waals surface area contributed by atoms with Crippen molar-refractivity contribution in [1.82, 2.24) is 25.3 Å². The number of amides is 4. The van der Waals surface area contributed by atoms with Crippen molar-refractivity contribution in [2.24, 2.45) is 29.4 Å². The molecule has 1 aliphatic heterocycles. The molecule has 13 nitrogen and oxygen atoms in total. The molecule has 9 atom stereocenters. The number of nitrogens with two attached hydrogens (primary N) is 1. The number of aldehydes is 1. The second-order valence-electron chi connectivity index (χ2n) is 16.1. The summed E-state index contributed by atoms with van der Waals surface area (Å²) in [5.41, 5.74) is 5.63. The molecule has 0 spiro atoms. The largest absolute Gasteiger partial charge is 0.379 e. The van der Waals surface area contributed by atoms with Gasteiger partial charge in [0.25, 0.3) is 0 Å². The van der Waals surface area contributed by atoms with Crippen molar-refractivity contribution in [3.8, 4) is 0 Å². The van der Waals surface area contributed by atoms with Crippen LogP contribution in [0.25, 0.3) is 0 Å². The molecule has 306 valence electrons. The number of hydrogen-bond donors (Lipinski definition) is 3. The zero-order valence-corrected chi connectivity index (χ0v) is 35.0. The van der Waals surface area contributed by atoms with Crippen molar-refractivity contribution < 1.29 is 33.4 Å². The molecule has 1 fully saturated rings. The van der Waals surface area contributed by atoms with Crippen LogP contribution in [-0.4, -0.2) is 135 Å². The molecular weight excluding hydrogens is 688 g/mol. The Kier molecular flexibility index (Phi) is 18.7. The molecule has 1 heterocycles. The number of ether oxygens (including phenoxy) is 2. The maximum absolute atomic E-state index is 14.2. The molecule has 1 saturated heterocycles. The topological polar surface area (TPSA) is 164 Å². The quantitative estimate of drug-likeness (QED) is 0.151. The fraction of sp³-hybridized carbons (Fsp3) is 0.732. The first-order valence-electron chi connectivity index (χ1n) is 19.5. The summed E-state index contributed by atoms with van der Waals surface area (Å²) in [4.78, 5) is 73.3. The van der Waals surface area contributed by atoms with E-state index in [1.54, 1.807) is 30.9 Å². The van der Waals surface area contributed by atoms with Crippen molar-refractivity contribution in [2.45, 2.75) is 122 Å². The average Bonchev–Trinajstić information content (AvgIpc) is 3.62. The molecule has 13 heteroatoms. The average molecular weight is 759 g/mol. The van der Waals surface area contributed by atoms with E-state index in [4.69, 9.17) is 15.2 Å². The van der Waals surface area contributed by atoms with Crippen LogP contribution in [0.5, 0.6) is 0 Å². The summed E-state index contributed by atoms with van der Waals surface area (Å²) in [6.07, 6.45) is 1.73. The molecule has 1 aromatic carbocycles.